The summed E-state index contributed by atoms with van der Waals surface area (Å²) in [6.45, 7) is 0.580. The first-order valence-corrected chi connectivity index (χ1v) is 9.50. The monoisotopic (exact) mass is 396 g/mol. The highest BCUT2D eigenvalue weighted by molar-refractivity contribution is 5.91. The molecule has 1 unspecified atom stereocenters. The molecule has 3 rings (SSSR count). The van der Waals surface area contributed by atoms with Crippen LogP contribution < -0.4 is 5.32 Å². The molecule has 0 radical (unpaired) electrons. The van der Waals surface area contributed by atoms with Gasteiger partial charge in [-0.05, 0) is 24.0 Å². The normalized spacial score (nSPS) is 16.7. The first-order valence-electron chi connectivity index (χ1n) is 9.50. The van der Waals surface area contributed by atoms with Crippen molar-refractivity contribution in [2.24, 2.45) is 0 Å². The molecule has 0 aromatic heterocycles. The second-order valence-electron chi connectivity index (χ2n) is 6.76. The Hall–Kier alpha value is -3.35. The predicted molar refractivity (Wildman–Crippen MR) is 106 cm³/mol. The topological polar surface area (TPSA) is 84.9 Å². The van der Waals surface area contributed by atoms with Gasteiger partial charge >= 0.3 is 12.1 Å². The smallest absolute Gasteiger partial charge is 0.407 e. The van der Waals surface area contributed by atoms with Gasteiger partial charge in [0.05, 0.1) is 7.11 Å². The van der Waals surface area contributed by atoms with E-state index in [1.165, 1.54) is 12.0 Å². The van der Waals surface area contributed by atoms with Crippen LogP contribution in [0, 0.1) is 0 Å². The fraction of sp³-hybridized carbons (Fsp3) is 0.318. The SMILES string of the molecule is COC(=O)NC(C(=O)N1CCC[C@@H]1C(=O)OCc1ccccc1)c1ccccc1. The number of nitrogens with zero attached hydrogens (tertiary/aromatic N) is 1. The number of alkyl carbamates (subject to hydrolysis) is 1. The van der Waals surface area contributed by atoms with E-state index in [-0.39, 0.29) is 12.5 Å². The maximum Gasteiger partial charge on any atom is 0.407 e. The van der Waals surface area contributed by atoms with Gasteiger partial charge in [0, 0.05) is 6.54 Å². The predicted octanol–water partition coefficient (Wildman–Crippen LogP) is 2.82. The summed E-state index contributed by atoms with van der Waals surface area (Å²) in [7, 11) is 1.24. The quantitative estimate of drug-likeness (QED) is 0.759. The number of amides is 2. The van der Waals surface area contributed by atoms with Gasteiger partial charge in [-0.2, -0.15) is 0 Å². The summed E-state index contributed by atoms with van der Waals surface area (Å²) < 4.78 is 10.1. The van der Waals surface area contributed by atoms with Crippen LogP contribution in [0.1, 0.15) is 30.0 Å². The number of methoxy groups -OCH3 is 1. The van der Waals surface area contributed by atoms with Crippen molar-refractivity contribution in [3.63, 3.8) is 0 Å². The van der Waals surface area contributed by atoms with E-state index in [2.05, 4.69) is 10.1 Å². The van der Waals surface area contributed by atoms with Crippen LogP contribution in [0.3, 0.4) is 0 Å². The molecule has 0 bridgehead atoms. The van der Waals surface area contributed by atoms with Crippen LogP contribution in [-0.4, -0.2) is 42.6 Å². The summed E-state index contributed by atoms with van der Waals surface area (Å²) in [6, 6.07) is 16.7. The molecule has 29 heavy (non-hydrogen) atoms. The Kier molecular flexibility index (Phi) is 6.84. The molecule has 7 heteroatoms. The molecular formula is C22H24N2O5. The van der Waals surface area contributed by atoms with E-state index in [0.29, 0.717) is 24.9 Å². The van der Waals surface area contributed by atoms with E-state index < -0.39 is 24.1 Å². The molecule has 2 aromatic carbocycles. The standard InChI is InChI=1S/C22H24N2O5/c1-28-22(27)23-19(17-11-6-3-7-12-17)20(25)24-14-8-13-18(24)21(26)29-15-16-9-4-2-5-10-16/h2-7,9-12,18-19H,8,13-15H2,1H3,(H,23,27)/t18-,19?/m1/s1. The summed E-state index contributed by atoms with van der Waals surface area (Å²) in [6.07, 6.45) is 0.505. The summed E-state index contributed by atoms with van der Waals surface area (Å²) in [5.41, 5.74) is 1.50. The summed E-state index contributed by atoms with van der Waals surface area (Å²) in [4.78, 5) is 39.2. The van der Waals surface area contributed by atoms with Crippen molar-refractivity contribution in [2.45, 2.75) is 31.5 Å². The molecule has 2 aromatic rings. The number of esters is 1. The second-order valence-corrected chi connectivity index (χ2v) is 6.76. The zero-order valence-corrected chi connectivity index (χ0v) is 16.2. The summed E-state index contributed by atoms with van der Waals surface area (Å²) in [5.74, 6) is -0.801. The number of carbonyl (C=O) groups is 3. The number of benzene rings is 2. The molecule has 1 N–H and O–H groups in total. The highest BCUT2D eigenvalue weighted by Crippen LogP contribution is 2.25. The Morgan fingerprint density at radius 3 is 2.38 bits per heavy atom. The van der Waals surface area contributed by atoms with Crippen molar-refractivity contribution in [2.75, 3.05) is 13.7 Å². The molecular weight excluding hydrogens is 372 g/mol. The van der Waals surface area contributed by atoms with Crippen molar-refractivity contribution >= 4 is 18.0 Å². The van der Waals surface area contributed by atoms with Crippen LogP contribution >= 0.6 is 0 Å². The molecule has 1 heterocycles. The zero-order valence-electron chi connectivity index (χ0n) is 16.2. The average Bonchev–Trinajstić information content (AvgIpc) is 3.26. The number of ether oxygens (including phenoxy) is 2. The summed E-state index contributed by atoms with van der Waals surface area (Å²) >= 11 is 0. The van der Waals surface area contributed by atoms with Crippen molar-refractivity contribution < 1.29 is 23.9 Å². The number of nitrogens with one attached hydrogen (secondary N) is 1. The number of rotatable bonds is 6. The van der Waals surface area contributed by atoms with Crippen molar-refractivity contribution in [1.82, 2.24) is 10.2 Å². The Balaban J connectivity index is 1.72. The highest BCUT2D eigenvalue weighted by atomic mass is 16.5. The van der Waals surface area contributed by atoms with Crippen LogP contribution in [0.25, 0.3) is 0 Å². The maximum atomic E-state index is 13.2. The Morgan fingerprint density at radius 1 is 1.07 bits per heavy atom. The number of likely N-dealkylation sites (tertiary alicyclic amines) is 1. The Bertz CT molecular complexity index is 841. The lowest BCUT2D eigenvalue weighted by Crippen LogP contribution is -2.47. The molecule has 2 amide bonds. The van der Waals surface area contributed by atoms with E-state index in [0.717, 1.165) is 5.56 Å². The third-order valence-electron chi connectivity index (χ3n) is 4.86. The lowest BCUT2D eigenvalue weighted by Gasteiger charge is -2.28. The molecule has 1 aliphatic heterocycles. The van der Waals surface area contributed by atoms with Crippen molar-refractivity contribution in [1.29, 1.82) is 0 Å². The lowest BCUT2D eigenvalue weighted by atomic mass is 10.1. The van der Waals surface area contributed by atoms with Gasteiger partial charge in [0.15, 0.2) is 0 Å². The third-order valence-corrected chi connectivity index (χ3v) is 4.86. The van der Waals surface area contributed by atoms with Gasteiger partial charge in [0.2, 0.25) is 0 Å². The molecule has 152 valence electrons. The van der Waals surface area contributed by atoms with E-state index in [9.17, 15) is 14.4 Å². The number of hydrogen-bond donors (Lipinski definition) is 1. The first kappa shape index (κ1) is 20.4. The first-order chi connectivity index (χ1) is 14.1. The average molecular weight is 396 g/mol. The number of hydrogen-bond acceptors (Lipinski definition) is 5. The van der Waals surface area contributed by atoms with E-state index in [4.69, 9.17) is 4.74 Å². The minimum absolute atomic E-state index is 0.154. The van der Waals surface area contributed by atoms with E-state index in [1.807, 2.05) is 36.4 Å². The van der Waals surface area contributed by atoms with Crippen LogP contribution in [0.15, 0.2) is 60.7 Å². The van der Waals surface area contributed by atoms with Gasteiger partial charge in [-0.3, -0.25) is 4.79 Å². The maximum absolute atomic E-state index is 13.2. The molecule has 2 atom stereocenters. The van der Waals surface area contributed by atoms with Gasteiger partial charge in [-0.1, -0.05) is 60.7 Å². The fourth-order valence-electron chi connectivity index (χ4n) is 3.38. The molecule has 0 spiro atoms. The van der Waals surface area contributed by atoms with Gasteiger partial charge in [0.25, 0.3) is 5.91 Å². The van der Waals surface area contributed by atoms with Crippen molar-refractivity contribution in [3.8, 4) is 0 Å². The van der Waals surface area contributed by atoms with Crippen molar-refractivity contribution in [3.05, 3.63) is 71.8 Å². The molecule has 1 saturated heterocycles. The molecule has 0 saturated carbocycles. The zero-order chi connectivity index (χ0) is 20.6. The molecule has 0 aliphatic carbocycles. The van der Waals surface area contributed by atoms with Gasteiger partial charge in [-0.15, -0.1) is 0 Å². The number of carbonyl (C=O) groups excluding carboxylic acids is 3. The Labute approximate surface area is 169 Å². The van der Waals surface area contributed by atoms with Gasteiger partial charge in [0.1, 0.15) is 18.7 Å². The summed E-state index contributed by atoms with van der Waals surface area (Å²) in [5, 5.41) is 2.57. The largest absolute Gasteiger partial charge is 0.459 e. The minimum atomic E-state index is -0.939. The second kappa shape index (κ2) is 9.73. The fourth-order valence-corrected chi connectivity index (χ4v) is 3.38. The lowest BCUT2D eigenvalue weighted by molar-refractivity contribution is -0.155. The van der Waals surface area contributed by atoms with E-state index >= 15 is 0 Å². The highest BCUT2D eigenvalue weighted by Gasteiger charge is 2.39. The molecule has 1 fully saturated rings. The Morgan fingerprint density at radius 2 is 1.72 bits per heavy atom. The van der Waals surface area contributed by atoms with Gasteiger partial charge in [-0.25, -0.2) is 9.59 Å². The third kappa shape index (κ3) is 5.13. The van der Waals surface area contributed by atoms with Gasteiger partial charge < -0.3 is 19.7 Å². The molecule has 1 aliphatic rings. The minimum Gasteiger partial charge on any atom is -0.459 e. The van der Waals surface area contributed by atoms with Crippen LogP contribution in [0.5, 0.6) is 0 Å². The van der Waals surface area contributed by atoms with Crippen LogP contribution in [-0.2, 0) is 25.7 Å². The van der Waals surface area contributed by atoms with Crippen LogP contribution in [0.2, 0.25) is 0 Å². The van der Waals surface area contributed by atoms with E-state index in [1.54, 1.807) is 24.3 Å². The molecule has 7 nitrogen and oxygen atoms in total. The van der Waals surface area contributed by atoms with Crippen LogP contribution in [0.4, 0.5) is 4.79 Å².